The first-order valence-electron chi connectivity index (χ1n) is 5.92. The highest BCUT2D eigenvalue weighted by atomic mass is 19.3. The van der Waals surface area contributed by atoms with Crippen molar-refractivity contribution in [1.82, 2.24) is 5.32 Å². The average molecular weight is 293 g/mol. The van der Waals surface area contributed by atoms with Gasteiger partial charge in [0.1, 0.15) is 0 Å². The molecule has 0 aliphatic heterocycles. The molecule has 0 fully saturated rings. The molecular weight excluding hydrogens is 278 g/mol. The van der Waals surface area contributed by atoms with Crippen molar-refractivity contribution in [2.24, 2.45) is 0 Å². The molecule has 0 bridgehead atoms. The minimum absolute atomic E-state index is 0.00401. The van der Waals surface area contributed by atoms with Gasteiger partial charge in [-0.2, -0.15) is 8.78 Å². The maximum atomic E-state index is 12.6. The molecule has 0 saturated heterocycles. The summed E-state index contributed by atoms with van der Waals surface area (Å²) in [4.78, 5) is 10.8. The topological polar surface area (TPSA) is 49.3 Å². The van der Waals surface area contributed by atoms with E-state index >= 15 is 0 Å². The molecule has 112 valence electrons. The number of benzene rings is 1. The molecule has 0 radical (unpaired) electrons. The van der Waals surface area contributed by atoms with Gasteiger partial charge in [-0.25, -0.2) is 8.78 Å². The van der Waals surface area contributed by atoms with Crippen LogP contribution >= 0.6 is 0 Å². The molecule has 3 nitrogen and oxygen atoms in total. The summed E-state index contributed by atoms with van der Waals surface area (Å²) in [5, 5.41) is 11.1. The number of carbonyl (C=O) groups is 1. The molecule has 0 heterocycles. The van der Waals surface area contributed by atoms with Crippen molar-refractivity contribution in [3.8, 4) is 0 Å². The molecule has 1 atom stereocenters. The second-order valence-electron chi connectivity index (χ2n) is 4.47. The molecule has 0 amide bonds. The number of aliphatic carboxylic acids is 1. The molecule has 1 aromatic carbocycles. The highest BCUT2D eigenvalue weighted by Crippen LogP contribution is 2.21. The average Bonchev–Trinajstić information content (AvgIpc) is 2.38. The van der Waals surface area contributed by atoms with Gasteiger partial charge in [0.05, 0.1) is 12.5 Å². The van der Waals surface area contributed by atoms with E-state index in [1.165, 1.54) is 6.92 Å². The second kappa shape index (κ2) is 6.69. The summed E-state index contributed by atoms with van der Waals surface area (Å²) in [6, 6.07) is 6.28. The van der Waals surface area contributed by atoms with Crippen LogP contribution in [0.5, 0.6) is 0 Å². The van der Waals surface area contributed by atoms with E-state index in [1.54, 1.807) is 24.3 Å². The lowest BCUT2D eigenvalue weighted by molar-refractivity contribution is -0.138. The van der Waals surface area contributed by atoms with Gasteiger partial charge in [0.2, 0.25) is 0 Å². The van der Waals surface area contributed by atoms with Gasteiger partial charge in [-0.1, -0.05) is 24.3 Å². The number of carboxylic acid groups (broad SMARTS) is 1. The Bertz CT molecular complexity index is 448. The van der Waals surface area contributed by atoms with E-state index in [2.05, 4.69) is 5.32 Å². The van der Waals surface area contributed by atoms with Gasteiger partial charge in [-0.15, -0.1) is 0 Å². The van der Waals surface area contributed by atoms with Gasteiger partial charge in [0.15, 0.2) is 0 Å². The van der Waals surface area contributed by atoms with Crippen LogP contribution in [0, 0.1) is 0 Å². The SMILES string of the molecule is CC(C(=O)O)c1ccc(CNCC(F)(F)C(F)F)cc1. The second-order valence-corrected chi connectivity index (χ2v) is 4.47. The Kier molecular flexibility index (Phi) is 5.50. The summed E-state index contributed by atoms with van der Waals surface area (Å²) in [5.74, 6) is -5.69. The standard InChI is InChI=1S/C13H15F4NO2/c1-8(11(19)20)10-4-2-9(3-5-10)6-18-7-13(16,17)12(14)15/h2-5,8,12,18H,6-7H2,1H3,(H,19,20). The number of carboxylic acids is 1. The minimum atomic E-state index is -4.06. The van der Waals surface area contributed by atoms with Crippen LogP contribution in [0.2, 0.25) is 0 Å². The van der Waals surface area contributed by atoms with Crippen LogP contribution in [-0.2, 0) is 11.3 Å². The highest BCUT2D eigenvalue weighted by molar-refractivity contribution is 5.75. The largest absolute Gasteiger partial charge is 0.481 e. The van der Waals surface area contributed by atoms with Gasteiger partial charge in [0.25, 0.3) is 0 Å². The third-order valence-electron chi connectivity index (χ3n) is 2.86. The molecule has 7 heteroatoms. The number of hydrogen-bond donors (Lipinski definition) is 2. The molecule has 0 aliphatic rings. The van der Waals surface area contributed by atoms with Crippen molar-refractivity contribution in [3.63, 3.8) is 0 Å². The number of halogens is 4. The summed E-state index contributed by atoms with van der Waals surface area (Å²) in [6.45, 7) is 0.417. The van der Waals surface area contributed by atoms with Gasteiger partial charge < -0.3 is 10.4 Å². The number of nitrogens with one attached hydrogen (secondary N) is 1. The van der Waals surface area contributed by atoms with Crippen LogP contribution in [0.25, 0.3) is 0 Å². The Morgan fingerprint density at radius 1 is 1.30 bits per heavy atom. The maximum absolute atomic E-state index is 12.6. The molecule has 1 unspecified atom stereocenters. The summed E-state index contributed by atoms with van der Waals surface area (Å²) >= 11 is 0. The van der Waals surface area contributed by atoms with Crippen molar-refractivity contribution in [2.75, 3.05) is 6.54 Å². The summed E-state index contributed by atoms with van der Waals surface area (Å²) in [7, 11) is 0. The van der Waals surface area contributed by atoms with Crippen LogP contribution in [0.3, 0.4) is 0 Å². The van der Waals surface area contributed by atoms with E-state index in [0.29, 0.717) is 11.1 Å². The number of rotatable bonds is 7. The smallest absolute Gasteiger partial charge is 0.319 e. The maximum Gasteiger partial charge on any atom is 0.319 e. The molecular formula is C13H15F4NO2. The Balaban J connectivity index is 2.53. The van der Waals surface area contributed by atoms with Crippen molar-refractivity contribution in [1.29, 1.82) is 0 Å². The fourth-order valence-corrected chi connectivity index (χ4v) is 1.52. The first-order valence-corrected chi connectivity index (χ1v) is 5.92. The van der Waals surface area contributed by atoms with Crippen LogP contribution in [0.4, 0.5) is 17.6 Å². The van der Waals surface area contributed by atoms with E-state index in [4.69, 9.17) is 5.11 Å². The monoisotopic (exact) mass is 293 g/mol. The quantitative estimate of drug-likeness (QED) is 0.760. The molecule has 2 N–H and O–H groups in total. The normalized spacial score (nSPS) is 13.5. The van der Waals surface area contributed by atoms with Crippen LogP contribution in [-0.4, -0.2) is 30.0 Å². The highest BCUT2D eigenvalue weighted by Gasteiger charge is 2.39. The zero-order valence-corrected chi connectivity index (χ0v) is 10.7. The molecule has 0 saturated carbocycles. The lowest BCUT2D eigenvalue weighted by atomic mass is 10.00. The van der Waals surface area contributed by atoms with Gasteiger partial charge in [-0.05, 0) is 18.1 Å². The van der Waals surface area contributed by atoms with Crippen LogP contribution in [0.1, 0.15) is 24.0 Å². The van der Waals surface area contributed by atoms with Crippen LogP contribution in [0.15, 0.2) is 24.3 Å². The minimum Gasteiger partial charge on any atom is -0.481 e. The molecule has 1 rings (SSSR count). The van der Waals surface area contributed by atoms with E-state index in [0.717, 1.165) is 0 Å². The van der Waals surface area contributed by atoms with Crippen LogP contribution < -0.4 is 5.32 Å². The zero-order valence-electron chi connectivity index (χ0n) is 10.7. The molecule has 20 heavy (non-hydrogen) atoms. The fraction of sp³-hybridized carbons (Fsp3) is 0.462. The van der Waals surface area contributed by atoms with Crippen molar-refractivity contribution < 1.29 is 27.5 Å². The van der Waals surface area contributed by atoms with E-state index in [9.17, 15) is 22.4 Å². The Labute approximate surface area is 113 Å². The lowest BCUT2D eigenvalue weighted by Gasteiger charge is -2.16. The van der Waals surface area contributed by atoms with E-state index in [1.807, 2.05) is 0 Å². The number of alkyl halides is 4. The molecule has 0 aromatic heterocycles. The Morgan fingerprint density at radius 3 is 2.30 bits per heavy atom. The van der Waals surface area contributed by atoms with Gasteiger partial charge in [0, 0.05) is 6.54 Å². The molecule has 1 aromatic rings. The summed E-state index contributed by atoms with van der Waals surface area (Å²) in [5.41, 5.74) is 1.19. The van der Waals surface area contributed by atoms with Gasteiger partial charge in [-0.3, -0.25) is 4.79 Å². The third kappa shape index (κ3) is 4.48. The lowest BCUT2D eigenvalue weighted by Crippen LogP contribution is -2.38. The molecule has 0 spiro atoms. The number of hydrogen-bond acceptors (Lipinski definition) is 2. The first kappa shape index (κ1) is 16.4. The van der Waals surface area contributed by atoms with E-state index in [-0.39, 0.29) is 6.54 Å². The Morgan fingerprint density at radius 2 is 1.85 bits per heavy atom. The van der Waals surface area contributed by atoms with Crippen molar-refractivity contribution >= 4 is 5.97 Å². The predicted molar refractivity (Wildman–Crippen MR) is 65.2 cm³/mol. The Hall–Kier alpha value is -1.63. The van der Waals surface area contributed by atoms with Crippen molar-refractivity contribution in [3.05, 3.63) is 35.4 Å². The van der Waals surface area contributed by atoms with Crippen molar-refractivity contribution in [2.45, 2.75) is 31.7 Å². The first-order chi connectivity index (χ1) is 9.24. The molecule has 0 aliphatic carbocycles. The summed E-state index contributed by atoms with van der Waals surface area (Å²) < 4.78 is 49.1. The zero-order chi connectivity index (χ0) is 15.3. The fourth-order valence-electron chi connectivity index (χ4n) is 1.52. The summed E-state index contributed by atoms with van der Waals surface area (Å²) in [6.07, 6.45) is -3.70. The predicted octanol–water partition coefficient (Wildman–Crippen LogP) is 2.86. The third-order valence-corrected chi connectivity index (χ3v) is 2.86. The van der Waals surface area contributed by atoms with Gasteiger partial charge >= 0.3 is 18.3 Å². The van der Waals surface area contributed by atoms with E-state index < -0.39 is 30.8 Å².